The largest absolute Gasteiger partial charge is 0.500 e. The molecule has 0 aliphatic heterocycles. The van der Waals surface area contributed by atoms with Crippen LogP contribution in [0.15, 0.2) is 34.7 Å². The van der Waals surface area contributed by atoms with E-state index in [0.29, 0.717) is 5.56 Å². The molecular weight excluding hydrogens is 288 g/mol. The number of benzene rings is 1. The van der Waals surface area contributed by atoms with Crippen LogP contribution in [0.5, 0.6) is 5.75 Å². The number of rotatable bonds is 3. The summed E-state index contributed by atoms with van der Waals surface area (Å²) >= 11 is 0. The molecule has 1 N–H and O–H groups in total. The fraction of sp³-hybridized carbons (Fsp3) is 0.188. The lowest BCUT2D eigenvalue weighted by molar-refractivity contribution is 0.0521. The maximum absolute atomic E-state index is 11.9. The van der Waals surface area contributed by atoms with Crippen LogP contribution in [0.2, 0.25) is 0 Å². The summed E-state index contributed by atoms with van der Waals surface area (Å²) in [5.41, 5.74) is 0.577. The molecule has 1 heterocycles. The zero-order valence-electron chi connectivity index (χ0n) is 12.4. The molecule has 1 aromatic heterocycles. The molecule has 0 saturated heterocycles. The number of carbonyl (C=O) groups is 2. The van der Waals surface area contributed by atoms with Crippen molar-refractivity contribution in [3.63, 3.8) is 0 Å². The van der Waals surface area contributed by atoms with Crippen molar-refractivity contribution in [1.82, 2.24) is 0 Å². The zero-order valence-corrected chi connectivity index (χ0v) is 12.4. The Morgan fingerprint density at radius 1 is 1.05 bits per heavy atom. The van der Waals surface area contributed by atoms with Crippen molar-refractivity contribution >= 4 is 11.9 Å². The van der Waals surface area contributed by atoms with Gasteiger partial charge in [0.05, 0.1) is 19.8 Å². The van der Waals surface area contributed by atoms with E-state index >= 15 is 0 Å². The summed E-state index contributed by atoms with van der Waals surface area (Å²) in [5, 5.41) is 10.3. The monoisotopic (exact) mass is 303 g/mol. The Morgan fingerprint density at radius 3 is 2.18 bits per heavy atom. The van der Waals surface area contributed by atoms with Crippen LogP contribution in [0.25, 0.3) is 11.3 Å². The van der Waals surface area contributed by atoms with E-state index in [9.17, 15) is 14.7 Å². The zero-order chi connectivity index (χ0) is 16.3. The standard InChI is InChI=1S/C16H14O6/c1-9-11(15(18)20-2)14(16(19)21-3)22-13(12(9)17)10-7-5-4-6-8-10/h4-8H,1-3H3/p+1. The van der Waals surface area contributed by atoms with Crippen LogP contribution in [0.1, 0.15) is 26.5 Å². The number of methoxy groups -OCH3 is 2. The van der Waals surface area contributed by atoms with Gasteiger partial charge < -0.3 is 14.6 Å². The second-order valence-corrected chi connectivity index (χ2v) is 4.46. The van der Waals surface area contributed by atoms with Gasteiger partial charge in [-0.3, -0.25) is 0 Å². The molecular formula is C16H15O6+. The molecule has 0 atom stereocenters. The van der Waals surface area contributed by atoms with Crippen LogP contribution in [0, 0.1) is 6.92 Å². The summed E-state index contributed by atoms with van der Waals surface area (Å²) in [5.74, 6) is -2.11. The lowest BCUT2D eigenvalue weighted by Crippen LogP contribution is -2.14. The lowest BCUT2D eigenvalue weighted by atomic mass is 10.0. The average Bonchev–Trinajstić information content (AvgIpc) is 2.56. The Morgan fingerprint density at radius 2 is 1.64 bits per heavy atom. The first kappa shape index (κ1) is 15.5. The van der Waals surface area contributed by atoms with Gasteiger partial charge in [-0.25, -0.2) is 9.59 Å². The highest BCUT2D eigenvalue weighted by Gasteiger charge is 2.38. The third kappa shape index (κ3) is 2.63. The van der Waals surface area contributed by atoms with Gasteiger partial charge in [-0.05, 0) is 19.1 Å². The van der Waals surface area contributed by atoms with E-state index in [1.165, 1.54) is 21.1 Å². The molecule has 6 heteroatoms. The number of aromatic hydroxyl groups is 1. The molecule has 6 nitrogen and oxygen atoms in total. The molecule has 22 heavy (non-hydrogen) atoms. The summed E-state index contributed by atoms with van der Waals surface area (Å²) < 4.78 is 14.7. The molecule has 0 aliphatic rings. The Bertz CT molecular complexity index is 721. The number of esters is 2. The molecule has 0 unspecified atom stereocenters. The first-order valence-corrected chi connectivity index (χ1v) is 6.43. The number of hydrogen-bond acceptors (Lipinski definition) is 5. The third-order valence-corrected chi connectivity index (χ3v) is 3.17. The fourth-order valence-electron chi connectivity index (χ4n) is 2.03. The molecule has 0 spiro atoms. The highest BCUT2D eigenvalue weighted by molar-refractivity contribution is 6.03. The minimum atomic E-state index is -0.833. The minimum absolute atomic E-state index is 0.0751. The molecule has 114 valence electrons. The minimum Gasteiger partial charge on any atom is -0.500 e. The fourth-order valence-corrected chi connectivity index (χ4v) is 2.03. The van der Waals surface area contributed by atoms with Crippen molar-refractivity contribution < 1.29 is 28.6 Å². The van der Waals surface area contributed by atoms with Crippen LogP contribution in [0.3, 0.4) is 0 Å². The second kappa shape index (κ2) is 6.26. The summed E-state index contributed by atoms with van der Waals surface area (Å²) in [6.45, 7) is 1.50. The predicted octanol–water partition coefficient (Wildman–Crippen LogP) is 2.81. The van der Waals surface area contributed by atoms with E-state index in [1.54, 1.807) is 30.3 Å². The van der Waals surface area contributed by atoms with Crippen LogP contribution < -0.4 is 0 Å². The van der Waals surface area contributed by atoms with Gasteiger partial charge in [-0.2, -0.15) is 4.42 Å². The van der Waals surface area contributed by atoms with Crippen LogP contribution in [-0.2, 0) is 9.47 Å². The first-order valence-electron chi connectivity index (χ1n) is 6.43. The normalized spacial score (nSPS) is 10.1. The summed E-state index contributed by atoms with van der Waals surface area (Å²) in [4.78, 5) is 23.8. The van der Waals surface area contributed by atoms with Gasteiger partial charge in [-0.1, -0.05) is 18.2 Å². The number of hydrogen-bond donors (Lipinski definition) is 1. The highest BCUT2D eigenvalue weighted by Crippen LogP contribution is 2.36. The van der Waals surface area contributed by atoms with Crippen molar-refractivity contribution in [2.24, 2.45) is 0 Å². The van der Waals surface area contributed by atoms with Gasteiger partial charge >= 0.3 is 23.5 Å². The van der Waals surface area contributed by atoms with Crippen LogP contribution in [-0.4, -0.2) is 31.3 Å². The Balaban J connectivity index is 2.77. The van der Waals surface area contributed by atoms with Crippen LogP contribution in [0.4, 0.5) is 0 Å². The lowest BCUT2D eigenvalue weighted by Gasteiger charge is -2.05. The second-order valence-electron chi connectivity index (χ2n) is 4.46. The van der Waals surface area contributed by atoms with E-state index in [-0.39, 0.29) is 28.4 Å². The Kier molecular flexibility index (Phi) is 4.41. The average molecular weight is 303 g/mol. The predicted molar refractivity (Wildman–Crippen MR) is 77.6 cm³/mol. The highest BCUT2D eigenvalue weighted by atomic mass is 16.5. The molecule has 0 amide bonds. The first-order chi connectivity index (χ1) is 10.5. The molecule has 0 fully saturated rings. The molecule has 0 bridgehead atoms. The van der Waals surface area contributed by atoms with E-state index in [0.717, 1.165) is 0 Å². The van der Waals surface area contributed by atoms with Gasteiger partial charge in [0.2, 0.25) is 5.75 Å². The van der Waals surface area contributed by atoms with Crippen molar-refractivity contribution in [3.05, 3.63) is 47.2 Å². The smallest absolute Gasteiger partial charge is 0.452 e. The Hall–Kier alpha value is -2.89. The quantitative estimate of drug-likeness (QED) is 0.693. The van der Waals surface area contributed by atoms with Crippen molar-refractivity contribution in [2.45, 2.75) is 6.92 Å². The van der Waals surface area contributed by atoms with Gasteiger partial charge in [0.1, 0.15) is 0 Å². The van der Waals surface area contributed by atoms with Crippen molar-refractivity contribution in [3.8, 4) is 17.1 Å². The van der Waals surface area contributed by atoms with E-state index in [2.05, 4.69) is 9.47 Å². The van der Waals surface area contributed by atoms with E-state index in [4.69, 9.17) is 4.42 Å². The maximum atomic E-state index is 11.9. The summed E-state index contributed by atoms with van der Waals surface area (Å²) in [7, 11) is 2.34. The van der Waals surface area contributed by atoms with Gasteiger partial charge in [0.25, 0.3) is 0 Å². The van der Waals surface area contributed by atoms with Gasteiger partial charge in [0, 0.05) is 5.56 Å². The van der Waals surface area contributed by atoms with E-state index < -0.39 is 11.9 Å². The van der Waals surface area contributed by atoms with E-state index in [1.807, 2.05) is 0 Å². The molecule has 2 rings (SSSR count). The topological polar surface area (TPSA) is 84.1 Å². The molecule has 2 aromatic rings. The summed E-state index contributed by atoms with van der Waals surface area (Å²) in [6, 6.07) is 8.72. The number of ether oxygens (including phenoxy) is 2. The van der Waals surface area contributed by atoms with Crippen molar-refractivity contribution in [1.29, 1.82) is 0 Å². The summed E-state index contributed by atoms with van der Waals surface area (Å²) in [6.07, 6.45) is 0. The van der Waals surface area contributed by atoms with Crippen LogP contribution >= 0.6 is 0 Å². The van der Waals surface area contributed by atoms with Gasteiger partial charge in [-0.15, -0.1) is 0 Å². The SMILES string of the molecule is COC(=O)c1[o+]c(-c2ccccc2)c(O)c(C)c1C(=O)OC. The molecule has 0 radical (unpaired) electrons. The van der Waals surface area contributed by atoms with Gasteiger partial charge in [0.15, 0.2) is 5.56 Å². The third-order valence-electron chi connectivity index (χ3n) is 3.17. The molecule has 0 aliphatic carbocycles. The van der Waals surface area contributed by atoms with Crippen molar-refractivity contribution in [2.75, 3.05) is 14.2 Å². The molecule has 1 aromatic carbocycles. The molecule has 0 saturated carbocycles. The maximum Gasteiger partial charge on any atom is 0.452 e. The number of carbonyl (C=O) groups excluding carboxylic acids is 2. The Labute approximate surface area is 126 Å².